The number of amides is 1. The second-order valence-corrected chi connectivity index (χ2v) is 5.36. The highest BCUT2D eigenvalue weighted by Gasteiger charge is 2.16. The van der Waals surface area contributed by atoms with Crippen LogP contribution in [0.3, 0.4) is 0 Å². The summed E-state index contributed by atoms with van der Waals surface area (Å²) in [6, 6.07) is 8.91. The SMILES string of the molecule is C[C@@H](NC(=O)OCc1ccccc1)c1ncc(C(=O)O)s1. The monoisotopic (exact) mass is 306 g/mol. The topological polar surface area (TPSA) is 88.5 Å². The second-order valence-electron chi connectivity index (χ2n) is 4.30. The Morgan fingerprint density at radius 2 is 2.10 bits per heavy atom. The summed E-state index contributed by atoms with van der Waals surface area (Å²) in [5.74, 6) is -1.03. The average Bonchev–Trinajstić information content (AvgIpc) is 2.96. The van der Waals surface area contributed by atoms with Crippen molar-refractivity contribution in [3.8, 4) is 0 Å². The third-order valence-corrected chi connectivity index (χ3v) is 3.82. The number of carboxylic acid groups (broad SMARTS) is 1. The molecular weight excluding hydrogens is 292 g/mol. The highest BCUT2D eigenvalue weighted by Crippen LogP contribution is 2.19. The van der Waals surface area contributed by atoms with E-state index in [0.29, 0.717) is 5.01 Å². The van der Waals surface area contributed by atoms with E-state index in [9.17, 15) is 9.59 Å². The van der Waals surface area contributed by atoms with E-state index in [1.807, 2.05) is 30.3 Å². The van der Waals surface area contributed by atoms with E-state index >= 15 is 0 Å². The van der Waals surface area contributed by atoms with Gasteiger partial charge in [-0.1, -0.05) is 30.3 Å². The number of alkyl carbamates (subject to hydrolysis) is 1. The molecule has 7 heteroatoms. The molecule has 2 aromatic rings. The van der Waals surface area contributed by atoms with Crippen LogP contribution in [0.25, 0.3) is 0 Å². The Hall–Kier alpha value is -2.41. The summed E-state index contributed by atoms with van der Waals surface area (Å²) in [6.45, 7) is 1.89. The summed E-state index contributed by atoms with van der Waals surface area (Å²) < 4.78 is 5.08. The van der Waals surface area contributed by atoms with Crippen LogP contribution in [-0.4, -0.2) is 22.2 Å². The Morgan fingerprint density at radius 3 is 2.71 bits per heavy atom. The van der Waals surface area contributed by atoms with E-state index in [2.05, 4.69) is 10.3 Å². The lowest BCUT2D eigenvalue weighted by Crippen LogP contribution is -2.27. The predicted molar refractivity (Wildman–Crippen MR) is 77.3 cm³/mol. The Balaban J connectivity index is 1.85. The number of nitrogens with zero attached hydrogens (tertiary/aromatic N) is 1. The molecule has 1 atom stereocenters. The van der Waals surface area contributed by atoms with Crippen LogP contribution < -0.4 is 5.32 Å². The smallest absolute Gasteiger partial charge is 0.408 e. The van der Waals surface area contributed by atoms with Gasteiger partial charge in [0.2, 0.25) is 0 Å². The molecule has 0 fully saturated rings. The maximum absolute atomic E-state index is 11.7. The van der Waals surface area contributed by atoms with Crippen LogP contribution in [0, 0.1) is 0 Å². The number of nitrogens with one attached hydrogen (secondary N) is 1. The quantitative estimate of drug-likeness (QED) is 0.886. The molecule has 6 nitrogen and oxygen atoms in total. The van der Waals surface area contributed by atoms with Crippen LogP contribution >= 0.6 is 11.3 Å². The van der Waals surface area contributed by atoms with Crippen LogP contribution in [0.1, 0.15) is 33.2 Å². The van der Waals surface area contributed by atoms with Gasteiger partial charge in [-0.25, -0.2) is 14.6 Å². The standard InChI is InChI=1S/C14H14N2O4S/c1-9(12-15-7-11(21-12)13(17)18)16-14(19)20-8-10-5-3-2-4-6-10/h2-7,9H,8H2,1H3,(H,16,19)(H,17,18)/t9-/m1/s1. The Morgan fingerprint density at radius 1 is 1.38 bits per heavy atom. The van der Waals surface area contributed by atoms with Gasteiger partial charge >= 0.3 is 12.1 Å². The summed E-state index contributed by atoms with van der Waals surface area (Å²) in [6.07, 6.45) is 0.703. The zero-order chi connectivity index (χ0) is 15.2. The molecule has 0 aliphatic rings. The van der Waals surface area contributed by atoms with E-state index in [1.165, 1.54) is 6.20 Å². The number of rotatable bonds is 5. The minimum Gasteiger partial charge on any atom is -0.477 e. The summed E-state index contributed by atoms with van der Waals surface area (Å²) in [5.41, 5.74) is 0.891. The van der Waals surface area contributed by atoms with E-state index in [-0.39, 0.29) is 11.5 Å². The summed E-state index contributed by atoms with van der Waals surface area (Å²) >= 11 is 1.02. The molecule has 0 aliphatic carbocycles. The molecule has 0 radical (unpaired) electrons. The number of aromatic carboxylic acids is 1. The molecule has 0 spiro atoms. The van der Waals surface area contributed by atoms with Crippen molar-refractivity contribution in [3.05, 3.63) is 52.0 Å². The molecule has 0 bridgehead atoms. The molecule has 2 rings (SSSR count). The molecular formula is C14H14N2O4S. The van der Waals surface area contributed by atoms with Gasteiger partial charge in [0.25, 0.3) is 0 Å². The number of carbonyl (C=O) groups is 2. The molecule has 2 N–H and O–H groups in total. The first kappa shape index (κ1) is 15.0. The lowest BCUT2D eigenvalue weighted by Gasteiger charge is -2.11. The largest absolute Gasteiger partial charge is 0.477 e. The van der Waals surface area contributed by atoms with Crippen LogP contribution in [-0.2, 0) is 11.3 Å². The molecule has 110 valence electrons. The van der Waals surface area contributed by atoms with Crippen LogP contribution in [0.4, 0.5) is 4.79 Å². The zero-order valence-electron chi connectivity index (χ0n) is 11.3. The van der Waals surface area contributed by atoms with E-state index in [1.54, 1.807) is 6.92 Å². The van der Waals surface area contributed by atoms with Gasteiger partial charge in [0.05, 0.1) is 12.2 Å². The molecule has 0 saturated carbocycles. The van der Waals surface area contributed by atoms with Crippen LogP contribution in [0.5, 0.6) is 0 Å². The van der Waals surface area contributed by atoms with Crippen molar-refractivity contribution >= 4 is 23.4 Å². The third-order valence-electron chi connectivity index (χ3n) is 2.65. The molecule has 1 heterocycles. The average molecular weight is 306 g/mol. The molecule has 0 saturated heterocycles. The van der Waals surface area contributed by atoms with Crippen LogP contribution in [0.2, 0.25) is 0 Å². The molecule has 1 amide bonds. The van der Waals surface area contributed by atoms with Gasteiger partial charge in [-0.3, -0.25) is 0 Å². The van der Waals surface area contributed by atoms with Crippen molar-refractivity contribution in [3.63, 3.8) is 0 Å². The van der Waals surface area contributed by atoms with Gasteiger partial charge < -0.3 is 15.2 Å². The normalized spacial score (nSPS) is 11.7. The minimum atomic E-state index is -1.03. The van der Waals surface area contributed by atoms with Crippen molar-refractivity contribution in [2.75, 3.05) is 0 Å². The first-order valence-corrected chi connectivity index (χ1v) is 7.04. The second kappa shape index (κ2) is 6.85. The van der Waals surface area contributed by atoms with Gasteiger partial charge in [0.15, 0.2) is 0 Å². The molecule has 1 aromatic heterocycles. The van der Waals surface area contributed by atoms with E-state index in [0.717, 1.165) is 16.9 Å². The van der Waals surface area contributed by atoms with Crippen LogP contribution in [0.15, 0.2) is 36.5 Å². The van der Waals surface area contributed by atoms with E-state index < -0.39 is 18.1 Å². The first-order valence-electron chi connectivity index (χ1n) is 6.22. The fourth-order valence-corrected chi connectivity index (χ4v) is 2.35. The summed E-state index contributed by atoms with van der Waals surface area (Å²) in [5, 5.41) is 12.0. The number of thiazole rings is 1. The van der Waals surface area contributed by atoms with Crippen molar-refractivity contribution in [2.24, 2.45) is 0 Å². The lowest BCUT2D eigenvalue weighted by molar-refractivity contribution is 0.0702. The van der Waals surface area contributed by atoms with Crippen molar-refractivity contribution in [2.45, 2.75) is 19.6 Å². The lowest BCUT2D eigenvalue weighted by atomic mass is 10.2. The maximum atomic E-state index is 11.7. The first-order chi connectivity index (χ1) is 10.1. The van der Waals surface area contributed by atoms with Gasteiger partial charge in [-0.05, 0) is 12.5 Å². The van der Waals surface area contributed by atoms with Gasteiger partial charge in [0, 0.05) is 0 Å². The third kappa shape index (κ3) is 4.28. The minimum absolute atomic E-state index is 0.135. The highest BCUT2D eigenvalue weighted by molar-refractivity contribution is 7.13. The Kier molecular flexibility index (Phi) is 4.89. The van der Waals surface area contributed by atoms with Crippen molar-refractivity contribution in [1.82, 2.24) is 10.3 Å². The number of aromatic nitrogens is 1. The summed E-state index contributed by atoms with van der Waals surface area (Å²) in [7, 11) is 0. The maximum Gasteiger partial charge on any atom is 0.408 e. The van der Waals surface area contributed by atoms with E-state index in [4.69, 9.17) is 9.84 Å². The fourth-order valence-electron chi connectivity index (χ4n) is 1.59. The molecule has 1 aromatic carbocycles. The number of hydrogen-bond donors (Lipinski definition) is 2. The summed E-state index contributed by atoms with van der Waals surface area (Å²) in [4.78, 5) is 26.6. The number of carboxylic acids is 1. The number of benzene rings is 1. The number of carbonyl (C=O) groups excluding carboxylic acids is 1. The molecule has 21 heavy (non-hydrogen) atoms. The number of hydrogen-bond acceptors (Lipinski definition) is 5. The van der Waals surface area contributed by atoms with Gasteiger partial charge in [-0.15, -0.1) is 11.3 Å². The Labute approximate surface area is 125 Å². The predicted octanol–water partition coefficient (Wildman–Crippen LogP) is 2.83. The van der Waals surface area contributed by atoms with Crippen molar-refractivity contribution in [1.29, 1.82) is 0 Å². The van der Waals surface area contributed by atoms with Gasteiger partial charge in [0.1, 0.15) is 16.5 Å². The zero-order valence-corrected chi connectivity index (χ0v) is 12.1. The van der Waals surface area contributed by atoms with Gasteiger partial charge in [-0.2, -0.15) is 0 Å². The highest BCUT2D eigenvalue weighted by atomic mass is 32.1. The van der Waals surface area contributed by atoms with Crippen molar-refractivity contribution < 1.29 is 19.4 Å². The Bertz CT molecular complexity index is 627. The number of ether oxygens (including phenoxy) is 1. The molecule has 0 unspecified atom stereocenters. The fraction of sp³-hybridized carbons (Fsp3) is 0.214. The molecule has 0 aliphatic heterocycles.